The van der Waals surface area contributed by atoms with Crippen LogP contribution in [0.4, 0.5) is 13.2 Å². The highest BCUT2D eigenvalue weighted by Crippen LogP contribution is 2.32. The molecule has 6 heteroatoms. The Balaban J connectivity index is 2.27. The van der Waals surface area contributed by atoms with Gasteiger partial charge in [0.25, 0.3) is 0 Å². The van der Waals surface area contributed by atoms with Crippen LogP contribution in [0, 0.1) is 6.92 Å². The van der Waals surface area contributed by atoms with Gasteiger partial charge in [0.1, 0.15) is 5.75 Å². The zero-order valence-electron chi connectivity index (χ0n) is 9.82. The average Bonchev–Trinajstić information content (AvgIpc) is 2.56. The molecule has 0 saturated heterocycles. The van der Waals surface area contributed by atoms with Gasteiger partial charge in [0.2, 0.25) is 5.88 Å². The summed E-state index contributed by atoms with van der Waals surface area (Å²) in [5, 5.41) is 4.05. The lowest BCUT2D eigenvalue weighted by atomic mass is 10.2. The van der Waals surface area contributed by atoms with Crippen molar-refractivity contribution in [3.05, 3.63) is 41.6 Å². The van der Waals surface area contributed by atoms with Crippen molar-refractivity contribution < 1.29 is 17.9 Å². The maximum Gasteiger partial charge on any atom is 0.416 e. The second-order valence-electron chi connectivity index (χ2n) is 3.88. The van der Waals surface area contributed by atoms with Gasteiger partial charge in [-0.25, -0.2) is 4.68 Å². The van der Waals surface area contributed by atoms with Crippen molar-refractivity contribution in [2.24, 2.45) is 7.05 Å². The van der Waals surface area contributed by atoms with Crippen LogP contribution in [0.5, 0.6) is 11.6 Å². The first-order valence-electron chi connectivity index (χ1n) is 5.22. The van der Waals surface area contributed by atoms with E-state index >= 15 is 0 Å². The van der Waals surface area contributed by atoms with Crippen LogP contribution in [0.2, 0.25) is 0 Å². The molecular formula is C12H11F3N2O. The summed E-state index contributed by atoms with van der Waals surface area (Å²) < 4.78 is 44.4. The predicted molar refractivity (Wildman–Crippen MR) is 59.5 cm³/mol. The van der Waals surface area contributed by atoms with Gasteiger partial charge < -0.3 is 4.74 Å². The summed E-state index contributed by atoms with van der Waals surface area (Å²) >= 11 is 0. The number of nitrogens with zero attached hydrogens (tertiary/aromatic N) is 2. The van der Waals surface area contributed by atoms with E-state index in [9.17, 15) is 13.2 Å². The van der Waals surface area contributed by atoms with E-state index in [1.807, 2.05) is 0 Å². The van der Waals surface area contributed by atoms with Crippen LogP contribution in [0.3, 0.4) is 0 Å². The van der Waals surface area contributed by atoms with Gasteiger partial charge in [-0.15, -0.1) is 0 Å². The zero-order valence-corrected chi connectivity index (χ0v) is 9.82. The van der Waals surface area contributed by atoms with Crippen LogP contribution < -0.4 is 4.74 Å². The van der Waals surface area contributed by atoms with Crippen LogP contribution in [0.25, 0.3) is 0 Å². The SMILES string of the molecule is Cc1cc(Oc2cccc(C(F)(F)F)c2)n(C)n1. The highest BCUT2D eigenvalue weighted by Gasteiger charge is 2.30. The van der Waals surface area contributed by atoms with Crippen LogP contribution in [-0.2, 0) is 13.2 Å². The first-order valence-corrected chi connectivity index (χ1v) is 5.22. The van der Waals surface area contributed by atoms with Crippen molar-refractivity contribution in [3.63, 3.8) is 0 Å². The quantitative estimate of drug-likeness (QED) is 0.821. The van der Waals surface area contributed by atoms with E-state index in [1.54, 1.807) is 20.0 Å². The molecule has 3 nitrogen and oxygen atoms in total. The Morgan fingerprint density at radius 3 is 2.50 bits per heavy atom. The summed E-state index contributed by atoms with van der Waals surface area (Å²) in [4.78, 5) is 0. The van der Waals surface area contributed by atoms with E-state index in [-0.39, 0.29) is 5.75 Å². The summed E-state index contributed by atoms with van der Waals surface area (Å²) in [6.07, 6.45) is -4.37. The van der Waals surface area contributed by atoms with E-state index < -0.39 is 11.7 Å². The molecule has 1 aromatic heterocycles. The zero-order chi connectivity index (χ0) is 13.3. The number of aromatic nitrogens is 2. The number of hydrogen-bond acceptors (Lipinski definition) is 2. The van der Waals surface area contributed by atoms with Gasteiger partial charge in [-0.3, -0.25) is 0 Å². The third-order valence-corrected chi connectivity index (χ3v) is 2.34. The summed E-state index contributed by atoms with van der Waals surface area (Å²) in [5.74, 6) is 0.527. The molecule has 18 heavy (non-hydrogen) atoms. The smallest absolute Gasteiger partial charge is 0.416 e. The van der Waals surface area contributed by atoms with E-state index in [2.05, 4.69) is 5.10 Å². The fourth-order valence-electron chi connectivity index (χ4n) is 1.54. The molecule has 2 aromatic rings. The summed E-state index contributed by atoms with van der Waals surface area (Å²) in [6, 6.07) is 6.39. The first-order chi connectivity index (χ1) is 8.36. The van der Waals surface area contributed by atoms with Crippen molar-refractivity contribution in [1.29, 1.82) is 0 Å². The van der Waals surface area contributed by atoms with Crippen LogP contribution in [0.1, 0.15) is 11.3 Å². The largest absolute Gasteiger partial charge is 0.439 e. The fraction of sp³-hybridized carbons (Fsp3) is 0.250. The third-order valence-electron chi connectivity index (χ3n) is 2.34. The maximum atomic E-state index is 12.5. The van der Waals surface area contributed by atoms with Crippen molar-refractivity contribution in [1.82, 2.24) is 9.78 Å². The van der Waals surface area contributed by atoms with Crippen molar-refractivity contribution in [2.75, 3.05) is 0 Å². The molecule has 0 saturated carbocycles. The van der Waals surface area contributed by atoms with Gasteiger partial charge in [0.05, 0.1) is 11.3 Å². The minimum Gasteiger partial charge on any atom is -0.439 e. The molecule has 0 amide bonds. The second-order valence-corrected chi connectivity index (χ2v) is 3.88. The van der Waals surface area contributed by atoms with Gasteiger partial charge in [0.15, 0.2) is 0 Å². The second kappa shape index (κ2) is 4.36. The number of rotatable bonds is 2. The summed E-state index contributed by atoms with van der Waals surface area (Å²) in [5.41, 5.74) is -0.00151. The minimum atomic E-state index is -4.37. The number of benzene rings is 1. The van der Waals surface area contributed by atoms with Gasteiger partial charge in [0, 0.05) is 13.1 Å². The minimum absolute atomic E-state index is 0.132. The Kier molecular flexibility index (Phi) is 3.02. The summed E-state index contributed by atoms with van der Waals surface area (Å²) in [7, 11) is 1.66. The van der Waals surface area contributed by atoms with Crippen LogP contribution in [0.15, 0.2) is 30.3 Å². The summed E-state index contributed by atoms with van der Waals surface area (Å²) in [6.45, 7) is 1.78. The molecule has 0 N–H and O–H groups in total. The Bertz CT molecular complexity index is 561. The van der Waals surface area contributed by atoms with Gasteiger partial charge in [-0.2, -0.15) is 18.3 Å². The fourth-order valence-corrected chi connectivity index (χ4v) is 1.54. The molecular weight excluding hydrogens is 245 g/mol. The van der Waals surface area contributed by atoms with Gasteiger partial charge in [-0.1, -0.05) is 6.07 Å². The van der Waals surface area contributed by atoms with E-state index in [0.717, 1.165) is 17.8 Å². The standard InChI is InChI=1S/C12H11F3N2O/c1-8-6-11(17(2)16-8)18-10-5-3-4-9(7-10)12(13,14)15/h3-7H,1-2H3. The molecule has 0 spiro atoms. The Morgan fingerprint density at radius 1 is 1.22 bits per heavy atom. The first kappa shape index (κ1) is 12.5. The Morgan fingerprint density at radius 2 is 1.94 bits per heavy atom. The lowest BCUT2D eigenvalue weighted by Gasteiger charge is -2.09. The molecule has 1 heterocycles. The number of aryl methyl sites for hydroxylation is 2. The molecule has 0 aliphatic heterocycles. The predicted octanol–water partition coefficient (Wildman–Crippen LogP) is 3.54. The van der Waals surface area contributed by atoms with Gasteiger partial charge in [-0.05, 0) is 25.1 Å². The van der Waals surface area contributed by atoms with E-state index in [4.69, 9.17) is 4.74 Å². The molecule has 96 valence electrons. The number of halogens is 3. The average molecular weight is 256 g/mol. The molecule has 0 aliphatic carbocycles. The molecule has 2 rings (SSSR count). The molecule has 0 unspecified atom stereocenters. The monoisotopic (exact) mass is 256 g/mol. The Hall–Kier alpha value is -1.98. The number of hydrogen-bond donors (Lipinski definition) is 0. The highest BCUT2D eigenvalue weighted by molar-refractivity contribution is 5.33. The number of ether oxygens (including phenoxy) is 1. The van der Waals surface area contributed by atoms with Crippen LogP contribution >= 0.6 is 0 Å². The van der Waals surface area contributed by atoms with Crippen molar-refractivity contribution in [3.8, 4) is 11.6 Å². The molecule has 1 aromatic carbocycles. The van der Waals surface area contributed by atoms with Gasteiger partial charge >= 0.3 is 6.18 Å². The lowest BCUT2D eigenvalue weighted by molar-refractivity contribution is -0.137. The lowest BCUT2D eigenvalue weighted by Crippen LogP contribution is -2.04. The topological polar surface area (TPSA) is 27.1 Å². The van der Waals surface area contributed by atoms with E-state index in [1.165, 1.54) is 16.8 Å². The highest BCUT2D eigenvalue weighted by atomic mass is 19.4. The molecule has 0 bridgehead atoms. The Labute approximate surface area is 102 Å². The number of alkyl halides is 3. The van der Waals surface area contributed by atoms with Crippen molar-refractivity contribution in [2.45, 2.75) is 13.1 Å². The van der Waals surface area contributed by atoms with Crippen LogP contribution in [-0.4, -0.2) is 9.78 Å². The maximum absolute atomic E-state index is 12.5. The molecule has 0 radical (unpaired) electrons. The molecule has 0 aliphatic rings. The third kappa shape index (κ3) is 2.64. The van der Waals surface area contributed by atoms with E-state index in [0.29, 0.717) is 5.88 Å². The molecule has 0 atom stereocenters. The van der Waals surface area contributed by atoms with Crippen molar-refractivity contribution >= 4 is 0 Å². The molecule has 0 fully saturated rings. The normalized spacial score (nSPS) is 11.6.